The van der Waals surface area contributed by atoms with Crippen molar-refractivity contribution in [1.82, 2.24) is 10.2 Å². The topological polar surface area (TPSA) is 58.6 Å². The number of ether oxygens (including phenoxy) is 1. The molecule has 5 nitrogen and oxygen atoms in total. The lowest BCUT2D eigenvalue weighted by atomic mass is 10.2. The summed E-state index contributed by atoms with van der Waals surface area (Å²) in [6.07, 6.45) is -0.0675. The minimum atomic E-state index is -0.595. The molecule has 1 saturated heterocycles. The van der Waals surface area contributed by atoms with Crippen LogP contribution in [0.15, 0.2) is 0 Å². The van der Waals surface area contributed by atoms with E-state index in [0.29, 0.717) is 25.5 Å². The first kappa shape index (κ1) is 13.3. The van der Waals surface area contributed by atoms with Crippen LogP contribution in [0.1, 0.15) is 13.8 Å². The molecule has 6 heteroatoms. The number of morpholine rings is 1. The first-order valence-electron chi connectivity index (χ1n) is 5.33. The van der Waals surface area contributed by atoms with Gasteiger partial charge in [0, 0.05) is 25.5 Å². The maximum absolute atomic E-state index is 11.7. The van der Waals surface area contributed by atoms with Crippen molar-refractivity contribution in [3.63, 3.8) is 0 Å². The summed E-state index contributed by atoms with van der Waals surface area (Å²) in [5.41, 5.74) is 0. The Morgan fingerprint density at radius 1 is 1.38 bits per heavy atom. The fourth-order valence-electron chi connectivity index (χ4n) is 1.72. The number of hydrogen-bond acceptors (Lipinski definition) is 3. The van der Waals surface area contributed by atoms with Crippen LogP contribution in [0, 0.1) is 0 Å². The smallest absolute Gasteiger partial charge is 0.312 e. The summed E-state index contributed by atoms with van der Waals surface area (Å²) in [7, 11) is 0. The Morgan fingerprint density at radius 3 is 2.44 bits per heavy atom. The number of nitrogens with zero attached hydrogens (tertiary/aromatic N) is 1. The standard InChI is InChI=1S/C10H17ClN2O3/c1-7-5-13(6-8(2)16-7)10(15)9(14)12-4-3-11/h7-8H,3-6H2,1-2H3,(H,12,14). The van der Waals surface area contributed by atoms with Crippen molar-refractivity contribution < 1.29 is 14.3 Å². The number of carbonyl (C=O) groups is 2. The Hall–Kier alpha value is -0.810. The normalized spacial score (nSPS) is 25.3. The predicted molar refractivity (Wildman–Crippen MR) is 60.3 cm³/mol. The minimum Gasteiger partial charge on any atom is -0.372 e. The van der Waals surface area contributed by atoms with Gasteiger partial charge in [-0.25, -0.2) is 0 Å². The van der Waals surface area contributed by atoms with Gasteiger partial charge in [-0.3, -0.25) is 9.59 Å². The molecule has 2 unspecified atom stereocenters. The van der Waals surface area contributed by atoms with E-state index < -0.39 is 11.8 Å². The lowest BCUT2D eigenvalue weighted by Gasteiger charge is -2.34. The monoisotopic (exact) mass is 248 g/mol. The Labute approximate surface area is 100 Å². The van der Waals surface area contributed by atoms with Gasteiger partial charge in [-0.2, -0.15) is 0 Å². The van der Waals surface area contributed by atoms with Crippen molar-refractivity contribution in [2.24, 2.45) is 0 Å². The van der Waals surface area contributed by atoms with E-state index >= 15 is 0 Å². The van der Waals surface area contributed by atoms with Gasteiger partial charge >= 0.3 is 11.8 Å². The Morgan fingerprint density at radius 2 is 1.94 bits per heavy atom. The molecule has 0 aliphatic carbocycles. The Balaban J connectivity index is 2.49. The van der Waals surface area contributed by atoms with E-state index in [4.69, 9.17) is 16.3 Å². The van der Waals surface area contributed by atoms with Crippen molar-refractivity contribution in [1.29, 1.82) is 0 Å². The predicted octanol–water partition coefficient (Wildman–Crippen LogP) is -0.0228. The molecule has 0 bridgehead atoms. The third kappa shape index (κ3) is 3.64. The molecule has 2 atom stereocenters. The molecule has 1 aliphatic rings. The molecule has 1 heterocycles. The summed E-state index contributed by atoms with van der Waals surface area (Å²) in [6, 6.07) is 0. The lowest BCUT2D eigenvalue weighted by Crippen LogP contribution is -2.52. The highest BCUT2D eigenvalue weighted by Crippen LogP contribution is 2.10. The molecule has 1 fully saturated rings. The average Bonchev–Trinajstić information content (AvgIpc) is 2.23. The molecule has 92 valence electrons. The number of carbonyl (C=O) groups excluding carboxylic acids is 2. The summed E-state index contributed by atoms with van der Waals surface area (Å²) in [6.45, 7) is 4.98. The van der Waals surface area contributed by atoms with Gasteiger partial charge in [-0.05, 0) is 13.8 Å². The van der Waals surface area contributed by atoms with Crippen LogP contribution in [-0.2, 0) is 14.3 Å². The van der Waals surface area contributed by atoms with Crippen molar-refractivity contribution in [3.05, 3.63) is 0 Å². The Kier molecular flexibility index (Phi) is 5.02. The molecule has 0 spiro atoms. The van der Waals surface area contributed by atoms with Gasteiger partial charge in [0.2, 0.25) is 0 Å². The molecule has 0 aromatic heterocycles. The molecular formula is C10H17ClN2O3. The fourth-order valence-corrected chi connectivity index (χ4v) is 1.82. The Bertz CT molecular complexity index is 263. The zero-order valence-electron chi connectivity index (χ0n) is 9.53. The van der Waals surface area contributed by atoms with Crippen LogP contribution in [0.4, 0.5) is 0 Å². The molecule has 1 N–H and O–H groups in total. The van der Waals surface area contributed by atoms with E-state index in [0.717, 1.165) is 0 Å². The van der Waals surface area contributed by atoms with Crippen LogP contribution < -0.4 is 5.32 Å². The van der Waals surface area contributed by atoms with Crippen LogP contribution in [0.5, 0.6) is 0 Å². The molecule has 0 aromatic carbocycles. The van der Waals surface area contributed by atoms with E-state index in [1.165, 1.54) is 4.90 Å². The molecule has 16 heavy (non-hydrogen) atoms. The second kappa shape index (κ2) is 6.06. The van der Waals surface area contributed by atoms with E-state index in [1.807, 2.05) is 13.8 Å². The number of amides is 2. The summed E-state index contributed by atoms with van der Waals surface area (Å²) >= 11 is 5.42. The molecular weight excluding hydrogens is 232 g/mol. The SMILES string of the molecule is CC1CN(C(=O)C(=O)NCCCl)CC(C)O1. The number of halogens is 1. The molecule has 1 aliphatic heterocycles. The minimum absolute atomic E-state index is 0.0338. The number of alkyl halides is 1. The van der Waals surface area contributed by atoms with Gasteiger partial charge < -0.3 is 15.0 Å². The fraction of sp³-hybridized carbons (Fsp3) is 0.800. The van der Waals surface area contributed by atoms with Gasteiger partial charge in [0.05, 0.1) is 12.2 Å². The summed E-state index contributed by atoms with van der Waals surface area (Å²) < 4.78 is 5.48. The molecule has 0 aromatic rings. The van der Waals surface area contributed by atoms with Crippen molar-refractivity contribution in [2.45, 2.75) is 26.1 Å². The molecule has 0 saturated carbocycles. The second-order valence-electron chi connectivity index (χ2n) is 3.91. The van der Waals surface area contributed by atoms with Crippen LogP contribution in [0.25, 0.3) is 0 Å². The zero-order chi connectivity index (χ0) is 12.1. The summed E-state index contributed by atoms with van der Waals surface area (Å²) in [4.78, 5) is 24.6. The van der Waals surface area contributed by atoms with Crippen LogP contribution >= 0.6 is 11.6 Å². The number of rotatable bonds is 2. The highest BCUT2D eigenvalue weighted by molar-refractivity contribution is 6.35. The van der Waals surface area contributed by atoms with E-state index in [2.05, 4.69) is 5.32 Å². The van der Waals surface area contributed by atoms with Crippen molar-refractivity contribution in [3.8, 4) is 0 Å². The van der Waals surface area contributed by atoms with E-state index in [-0.39, 0.29) is 12.2 Å². The van der Waals surface area contributed by atoms with Gasteiger partial charge in [0.1, 0.15) is 0 Å². The molecule has 0 radical (unpaired) electrons. The van der Waals surface area contributed by atoms with Crippen molar-refractivity contribution in [2.75, 3.05) is 25.5 Å². The van der Waals surface area contributed by atoms with Gasteiger partial charge in [0.25, 0.3) is 0 Å². The number of nitrogens with one attached hydrogen (secondary N) is 1. The molecule has 1 rings (SSSR count). The van der Waals surface area contributed by atoms with Gasteiger partial charge in [-0.15, -0.1) is 11.6 Å². The third-order valence-electron chi connectivity index (χ3n) is 2.28. The summed E-state index contributed by atoms with van der Waals surface area (Å²) in [5, 5.41) is 2.46. The summed E-state index contributed by atoms with van der Waals surface area (Å²) in [5.74, 6) is -0.802. The maximum atomic E-state index is 11.7. The molecule has 2 amide bonds. The van der Waals surface area contributed by atoms with Gasteiger partial charge in [-0.1, -0.05) is 0 Å². The van der Waals surface area contributed by atoms with E-state index in [1.54, 1.807) is 0 Å². The van der Waals surface area contributed by atoms with Crippen LogP contribution in [0.3, 0.4) is 0 Å². The van der Waals surface area contributed by atoms with Crippen LogP contribution in [0.2, 0.25) is 0 Å². The van der Waals surface area contributed by atoms with Crippen molar-refractivity contribution >= 4 is 23.4 Å². The number of hydrogen-bond donors (Lipinski definition) is 1. The van der Waals surface area contributed by atoms with Gasteiger partial charge in [0.15, 0.2) is 0 Å². The van der Waals surface area contributed by atoms with E-state index in [9.17, 15) is 9.59 Å². The highest BCUT2D eigenvalue weighted by atomic mass is 35.5. The van der Waals surface area contributed by atoms with Crippen LogP contribution in [-0.4, -0.2) is 54.4 Å². The first-order valence-corrected chi connectivity index (χ1v) is 5.86. The first-order chi connectivity index (χ1) is 7.54. The average molecular weight is 249 g/mol. The highest BCUT2D eigenvalue weighted by Gasteiger charge is 2.29. The second-order valence-corrected chi connectivity index (χ2v) is 4.29. The zero-order valence-corrected chi connectivity index (χ0v) is 10.3. The third-order valence-corrected chi connectivity index (χ3v) is 2.47. The quantitative estimate of drug-likeness (QED) is 0.552. The lowest BCUT2D eigenvalue weighted by molar-refractivity contribution is -0.153. The maximum Gasteiger partial charge on any atom is 0.312 e. The largest absolute Gasteiger partial charge is 0.372 e.